The normalized spacial score (nSPS) is 23.6. The van der Waals surface area contributed by atoms with Crippen LogP contribution < -0.4 is 0 Å². The van der Waals surface area contributed by atoms with E-state index in [2.05, 4.69) is 49.1 Å². The molecule has 0 aromatic carbocycles. The van der Waals surface area contributed by atoms with Gasteiger partial charge in [0.2, 0.25) is 0 Å². The van der Waals surface area contributed by atoms with Crippen molar-refractivity contribution in [3.63, 3.8) is 0 Å². The minimum Gasteiger partial charge on any atom is -0.303 e. The summed E-state index contributed by atoms with van der Waals surface area (Å²) >= 11 is 0. The number of rotatable bonds is 0. The third-order valence-corrected chi connectivity index (χ3v) is 2.21. The lowest BCUT2D eigenvalue weighted by Gasteiger charge is -2.13. The lowest BCUT2D eigenvalue weighted by atomic mass is 10.2. The minimum atomic E-state index is 1.09. The van der Waals surface area contributed by atoms with Crippen molar-refractivity contribution >= 4 is 0 Å². The molecule has 0 atom stereocenters. The van der Waals surface area contributed by atoms with Gasteiger partial charge in [-0.2, -0.15) is 0 Å². The molecule has 0 saturated carbocycles. The average molecular weight is 191 g/mol. The van der Waals surface area contributed by atoms with E-state index in [0.29, 0.717) is 0 Å². The molecule has 0 aliphatic carbocycles. The summed E-state index contributed by atoms with van der Waals surface area (Å²) in [6, 6.07) is 0. The fraction of sp³-hybridized carbons (Fsp3) is 0.538. The molecule has 0 bridgehead atoms. The highest BCUT2D eigenvalue weighted by atomic mass is 15.1. The Bertz CT molecular complexity index is 189. The summed E-state index contributed by atoms with van der Waals surface area (Å²) in [6.07, 6.45) is 22.1. The van der Waals surface area contributed by atoms with E-state index in [1.54, 1.807) is 0 Å². The third kappa shape index (κ3) is 7.64. The van der Waals surface area contributed by atoms with Crippen LogP contribution in [0.2, 0.25) is 0 Å². The molecule has 1 aliphatic heterocycles. The first-order chi connectivity index (χ1) is 6.89. The maximum absolute atomic E-state index is 4.00. The van der Waals surface area contributed by atoms with E-state index in [4.69, 9.17) is 0 Å². The Balaban J connectivity index is 0.000000791. The molecule has 1 heteroatoms. The molecule has 1 nitrogen and oxygen atoms in total. The van der Waals surface area contributed by atoms with Gasteiger partial charge in [-0.05, 0) is 32.9 Å². The second kappa shape index (κ2) is 10.1. The molecule has 0 unspecified atom stereocenters. The third-order valence-electron chi connectivity index (χ3n) is 2.21. The smallest absolute Gasteiger partial charge is 0.0163 e. The molecule has 0 amide bonds. The number of nitrogens with zero attached hydrogens (tertiary/aromatic N) is 1. The largest absolute Gasteiger partial charge is 0.303 e. The molecule has 0 aromatic heterocycles. The quantitative estimate of drug-likeness (QED) is 0.532. The Morgan fingerprint density at radius 2 is 1.71 bits per heavy atom. The molecule has 0 aromatic rings. The first kappa shape index (κ1) is 13.0. The summed E-state index contributed by atoms with van der Waals surface area (Å²) in [6.45, 7) is 2.33. The second-order valence-electron chi connectivity index (χ2n) is 3.47. The van der Waals surface area contributed by atoms with Crippen molar-refractivity contribution < 1.29 is 0 Å². The van der Waals surface area contributed by atoms with Gasteiger partial charge in [0.15, 0.2) is 0 Å². The van der Waals surface area contributed by atoms with Gasteiger partial charge in [0.1, 0.15) is 0 Å². The van der Waals surface area contributed by atoms with Crippen molar-refractivity contribution in [2.45, 2.75) is 25.7 Å². The monoisotopic (exact) mass is 191 g/mol. The van der Waals surface area contributed by atoms with Crippen LogP contribution in [0.15, 0.2) is 24.3 Å². The van der Waals surface area contributed by atoms with Crippen molar-refractivity contribution in [3.8, 4) is 12.8 Å². The Morgan fingerprint density at radius 1 is 1.00 bits per heavy atom. The van der Waals surface area contributed by atoms with Crippen LogP contribution >= 0.6 is 0 Å². The fourth-order valence-electron chi connectivity index (χ4n) is 1.41. The van der Waals surface area contributed by atoms with Crippen LogP contribution in [0.5, 0.6) is 0 Å². The lowest BCUT2D eigenvalue weighted by molar-refractivity contribution is 0.358. The van der Waals surface area contributed by atoms with Crippen LogP contribution in [0.25, 0.3) is 0 Å². The average Bonchev–Trinajstić information content (AvgIpc) is 2.27. The summed E-state index contributed by atoms with van der Waals surface area (Å²) in [5.41, 5.74) is 0. The molecule has 14 heavy (non-hydrogen) atoms. The van der Waals surface area contributed by atoms with Crippen molar-refractivity contribution in [1.82, 2.24) is 4.90 Å². The zero-order valence-electron chi connectivity index (χ0n) is 9.15. The molecular formula is C13H21N. The SMILES string of the molecule is C#C.CN1C/C=C\C=C/CCCCC1. The molecular weight excluding hydrogens is 170 g/mol. The fourth-order valence-corrected chi connectivity index (χ4v) is 1.41. The molecule has 0 spiro atoms. The topological polar surface area (TPSA) is 3.24 Å². The van der Waals surface area contributed by atoms with Gasteiger partial charge >= 0.3 is 0 Å². The van der Waals surface area contributed by atoms with Crippen molar-refractivity contribution in [3.05, 3.63) is 24.3 Å². The number of hydrogen-bond acceptors (Lipinski definition) is 1. The summed E-state index contributed by atoms with van der Waals surface area (Å²) in [4.78, 5) is 2.37. The van der Waals surface area contributed by atoms with Gasteiger partial charge in [-0.25, -0.2) is 0 Å². The van der Waals surface area contributed by atoms with Gasteiger partial charge in [-0.15, -0.1) is 12.8 Å². The Kier molecular flexibility index (Phi) is 9.36. The van der Waals surface area contributed by atoms with E-state index in [1.807, 2.05) is 0 Å². The molecule has 1 heterocycles. The predicted molar refractivity (Wildman–Crippen MR) is 64.1 cm³/mol. The van der Waals surface area contributed by atoms with Crippen LogP contribution in [0, 0.1) is 12.8 Å². The minimum absolute atomic E-state index is 1.09. The number of hydrogen-bond donors (Lipinski definition) is 0. The molecule has 78 valence electrons. The van der Waals surface area contributed by atoms with Crippen molar-refractivity contribution in [2.24, 2.45) is 0 Å². The zero-order valence-corrected chi connectivity index (χ0v) is 9.15. The van der Waals surface area contributed by atoms with E-state index >= 15 is 0 Å². The summed E-state index contributed by atoms with van der Waals surface area (Å²) in [5, 5.41) is 0. The highest BCUT2D eigenvalue weighted by Crippen LogP contribution is 2.03. The molecule has 0 radical (unpaired) electrons. The van der Waals surface area contributed by atoms with Crippen molar-refractivity contribution in [2.75, 3.05) is 20.1 Å². The van der Waals surface area contributed by atoms with E-state index in [1.165, 1.54) is 32.2 Å². The lowest BCUT2D eigenvalue weighted by Crippen LogP contribution is -2.19. The van der Waals surface area contributed by atoms with Gasteiger partial charge < -0.3 is 4.90 Å². The van der Waals surface area contributed by atoms with Crippen molar-refractivity contribution in [1.29, 1.82) is 0 Å². The number of terminal acetylenes is 1. The van der Waals surface area contributed by atoms with Gasteiger partial charge in [0, 0.05) is 6.54 Å². The first-order valence-corrected chi connectivity index (χ1v) is 5.23. The van der Waals surface area contributed by atoms with Crippen LogP contribution in [-0.2, 0) is 0 Å². The van der Waals surface area contributed by atoms with Crippen LogP contribution in [0.3, 0.4) is 0 Å². The molecule has 1 aliphatic rings. The summed E-state index contributed by atoms with van der Waals surface area (Å²) < 4.78 is 0. The van der Waals surface area contributed by atoms with Gasteiger partial charge in [0.25, 0.3) is 0 Å². The van der Waals surface area contributed by atoms with Crippen LogP contribution in [0.4, 0.5) is 0 Å². The second-order valence-corrected chi connectivity index (χ2v) is 3.47. The number of allylic oxidation sites excluding steroid dienone is 3. The van der Waals surface area contributed by atoms with Crippen LogP contribution in [-0.4, -0.2) is 25.0 Å². The maximum Gasteiger partial charge on any atom is 0.0163 e. The summed E-state index contributed by atoms with van der Waals surface area (Å²) in [5.74, 6) is 0. The highest BCUT2D eigenvalue weighted by molar-refractivity contribution is 5.03. The van der Waals surface area contributed by atoms with Crippen LogP contribution in [0.1, 0.15) is 25.7 Å². The Morgan fingerprint density at radius 3 is 2.50 bits per heavy atom. The summed E-state index contributed by atoms with van der Waals surface area (Å²) in [7, 11) is 2.19. The van der Waals surface area contributed by atoms with E-state index < -0.39 is 0 Å². The number of likely N-dealkylation sites (N-methyl/N-ethyl adjacent to an activating group) is 1. The zero-order chi connectivity index (χ0) is 10.6. The molecule has 0 saturated heterocycles. The highest BCUT2D eigenvalue weighted by Gasteiger charge is 1.95. The Labute approximate surface area is 88.5 Å². The van der Waals surface area contributed by atoms with Gasteiger partial charge in [-0.3, -0.25) is 0 Å². The van der Waals surface area contributed by atoms with E-state index in [9.17, 15) is 0 Å². The molecule has 0 N–H and O–H groups in total. The molecule has 1 rings (SSSR count). The predicted octanol–water partition coefficient (Wildman–Crippen LogP) is 2.85. The van der Waals surface area contributed by atoms with Gasteiger partial charge in [-0.1, -0.05) is 30.7 Å². The standard InChI is InChI=1S/C11H19N.C2H2/c1-12-10-8-6-4-2-3-5-7-9-11-12;1-2/h2,4,6,8H,3,5,7,9-11H2,1H3;1-2H/b4-2-,8-6-;. The first-order valence-electron chi connectivity index (χ1n) is 5.23. The van der Waals surface area contributed by atoms with E-state index in [-0.39, 0.29) is 0 Å². The van der Waals surface area contributed by atoms with E-state index in [0.717, 1.165) is 6.54 Å². The molecule has 0 fully saturated rings. The maximum atomic E-state index is 4.00. The van der Waals surface area contributed by atoms with Gasteiger partial charge in [0.05, 0.1) is 0 Å². The Hall–Kier alpha value is -1.00.